The van der Waals surface area contributed by atoms with Crippen molar-refractivity contribution in [3.63, 3.8) is 0 Å². The first-order valence-electron chi connectivity index (χ1n) is 13.6. The maximum Gasteiger partial charge on any atom is 0.302 e. The molecule has 2 aliphatic rings. The average Bonchev–Trinajstić information content (AvgIpc) is 3.65. The molecule has 0 spiro atoms. The Balaban J connectivity index is 1.84. The molecular weight excluding hydrogens is 550 g/mol. The van der Waals surface area contributed by atoms with Crippen molar-refractivity contribution in [3.05, 3.63) is 23.9 Å². The second kappa shape index (κ2) is 13.3. The third-order valence-electron chi connectivity index (χ3n) is 7.66. The first-order chi connectivity index (χ1) is 20.1. The molecule has 1 amide bonds. The van der Waals surface area contributed by atoms with E-state index in [2.05, 4.69) is 4.98 Å². The molecule has 0 aromatic carbocycles. The molecule has 0 radical (unpaired) electrons. The number of hydrogen-bond donors (Lipinski definition) is 0. The Labute approximate surface area is 245 Å². The first-order valence-corrected chi connectivity index (χ1v) is 13.6. The lowest BCUT2D eigenvalue weighted by Crippen LogP contribution is -2.47. The van der Waals surface area contributed by atoms with Gasteiger partial charge in [-0.1, -0.05) is 12.2 Å². The van der Waals surface area contributed by atoms with Gasteiger partial charge in [0.15, 0.2) is 11.9 Å². The molecule has 1 aliphatic heterocycles. The predicted octanol–water partition coefficient (Wildman–Crippen LogP) is 1.31. The van der Waals surface area contributed by atoms with Crippen molar-refractivity contribution in [2.24, 2.45) is 0 Å². The Kier molecular flexibility index (Phi) is 10.0. The summed E-state index contributed by atoms with van der Waals surface area (Å²) < 4.78 is 42.1. The van der Waals surface area contributed by atoms with Crippen LogP contribution in [0.1, 0.15) is 25.6 Å². The van der Waals surface area contributed by atoms with Crippen molar-refractivity contribution in [1.82, 2.24) is 19.4 Å². The van der Waals surface area contributed by atoms with Crippen LogP contribution >= 0.6 is 0 Å². The van der Waals surface area contributed by atoms with E-state index in [0.717, 1.165) is 5.56 Å². The van der Waals surface area contributed by atoms with Crippen molar-refractivity contribution >= 4 is 28.9 Å². The van der Waals surface area contributed by atoms with Crippen LogP contribution in [0.15, 0.2) is 18.3 Å². The van der Waals surface area contributed by atoms with E-state index in [9.17, 15) is 9.59 Å². The molecule has 232 valence electrons. The number of rotatable bonds is 12. The molecule has 2 aromatic rings. The van der Waals surface area contributed by atoms with E-state index < -0.39 is 30.5 Å². The standard InChI is InChI=1S/C28H41N5O9/c1-15(34)32(18-10-11-19(36-5)22(18)37-6)12-17-13-33(25-21(17)26(40-9)30-28(29-25)31(3)4)27-24(39-8)23(38-7)20(42-27)14-41-16(2)35/h10-11,13,18-20,22-24,27H,12,14H2,1-9H3. The van der Waals surface area contributed by atoms with Crippen LogP contribution in [-0.2, 0) is 44.6 Å². The van der Waals surface area contributed by atoms with Crippen LogP contribution in [0.5, 0.6) is 5.88 Å². The highest BCUT2D eigenvalue weighted by Crippen LogP contribution is 2.39. The quantitative estimate of drug-likeness (QED) is 0.260. The van der Waals surface area contributed by atoms with Gasteiger partial charge in [0.2, 0.25) is 17.7 Å². The molecule has 14 heteroatoms. The Morgan fingerprint density at radius 3 is 2.19 bits per heavy atom. The summed E-state index contributed by atoms with van der Waals surface area (Å²) in [5.41, 5.74) is 1.24. The topological polar surface area (TPSA) is 136 Å². The SMILES string of the molecule is COc1nc(N(C)C)nc2c1c(CN(C(C)=O)C1C=CC(OC)C1OC)cn2C1OC(COC(C)=O)C(OC)C1OC. The number of nitrogens with zero attached hydrogens (tertiary/aromatic N) is 5. The highest BCUT2D eigenvalue weighted by molar-refractivity contribution is 5.87. The van der Waals surface area contributed by atoms with Gasteiger partial charge in [0.05, 0.1) is 18.5 Å². The van der Waals surface area contributed by atoms with Gasteiger partial charge in [-0.3, -0.25) is 9.59 Å². The van der Waals surface area contributed by atoms with E-state index in [-0.39, 0.29) is 37.3 Å². The molecular formula is C28H41N5O9. The highest BCUT2D eigenvalue weighted by Gasteiger charge is 2.48. The number of carbonyl (C=O) groups excluding carboxylic acids is 2. The van der Waals surface area contributed by atoms with Gasteiger partial charge >= 0.3 is 5.97 Å². The molecule has 2 aromatic heterocycles. The second-order valence-corrected chi connectivity index (χ2v) is 10.4. The molecule has 14 nitrogen and oxygen atoms in total. The molecule has 3 heterocycles. The third kappa shape index (κ3) is 5.95. The average molecular weight is 592 g/mol. The largest absolute Gasteiger partial charge is 0.480 e. The number of carbonyl (C=O) groups is 2. The summed E-state index contributed by atoms with van der Waals surface area (Å²) in [6.07, 6.45) is 2.57. The van der Waals surface area contributed by atoms with Crippen LogP contribution in [0.2, 0.25) is 0 Å². The maximum atomic E-state index is 13.1. The lowest BCUT2D eigenvalue weighted by Gasteiger charge is -2.32. The number of methoxy groups -OCH3 is 5. The van der Waals surface area contributed by atoms with E-state index in [0.29, 0.717) is 22.9 Å². The minimum Gasteiger partial charge on any atom is -0.480 e. The number of hydrogen-bond acceptors (Lipinski definition) is 12. The number of fused-ring (bicyclic) bond motifs is 1. The minimum atomic E-state index is -0.715. The Bertz CT molecular complexity index is 1300. The summed E-state index contributed by atoms with van der Waals surface area (Å²) in [4.78, 5) is 37.6. The summed E-state index contributed by atoms with van der Waals surface area (Å²) in [6, 6.07) is -0.371. The maximum absolute atomic E-state index is 13.1. The van der Waals surface area contributed by atoms with Gasteiger partial charge in [-0.15, -0.1) is 0 Å². The van der Waals surface area contributed by atoms with Crippen LogP contribution in [0.25, 0.3) is 11.0 Å². The van der Waals surface area contributed by atoms with Crippen LogP contribution in [0.3, 0.4) is 0 Å². The summed E-state index contributed by atoms with van der Waals surface area (Å²) >= 11 is 0. The number of esters is 1. The van der Waals surface area contributed by atoms with Crippen LogP contribution < -0.4 is 9.64 Å². The molecule has 7 atom stereocenters. The van der Waals surface area contributed by atoms with Crippen LogP contribution in [0.4, 0.5) is 5.95 Å². The van der Waals surface area contributed by atoms with Crippen molar-refractivity contribution in [3.8, 4) is 5.88 Å². The van der Waals surface area contributed by atoms with E-state index in [1.807, 2.05) is 37.0 Å². The van der Waals surface area contributed by atoms with E-state index in [1.54, 1.807) is 38.2 Å². The van der Waals surface area contributed by atoms with Crippen molar-refractivity contribution in [1.29, 1.82) is 0 Å². The Morgan fingerprint density at radius 1 is 0.952 bits per heavy atom. The smallest absolute Gasteiger partial charge is 0.302 e. The first kappa shape index (κ1) is 31.6. The lowest BCUT2D eigenvalue weighted by atomic mass is 10.1. The lowest BCUT2D eigenvalue weighted by molar-refractivity contribution is -0.148. The number of anilines is 1. The molecule has 0 saturated carbocycles. The van der Waals surface area contributed by atoms with Crippen molar-refractivity contribution in [2.75, 3.05) is 61.2 Å². The summed E-state index contributed by atoms with van der Waals surface area (Å²) in [5, 5.41) is 0.615. The molecule has 1 saturated heterocycles. The van der Waals surface area contributed by atoms with Gasteiger partial charge in [0.25, 0.3) is 0 Å². The van der Waals surface area contributed by atoms with Gasteiger partial charge in [-0.2, -0.15) is 9.97 Å². The normalized spacial score (nSPS) is 27.0. The molecule has 0 N–H and O–H groups in total. The fraction of sp³-hybridized carbons (Fsp3) is 0.643. The summed E-state index contributed by atoms with van der Waals surface area (Å²) in [7, 11) is 11.5. The fourth-order valence-electron chi connectivity index (χ4n) is 5.66. The van der Waals surface area contributed by atoms with Gasteiger partial charge in [-0.25, -0.2) is 0 Å². The van der Waals surface area contributed by atoms with E-state index in [1.165, 1.54) is 21.0 Å². The zero-order valence-electron chi connectivity index (χ0n) is 25.6. The molecule has 0 bridgehead atoms. The molecule has 7 unspecified atom stereocenters. The Hall–Kier alpha value is -3.30. The van der Waals surface area contributed by atoms with Gasteiger partial charge in [0, 0.05) is 74.7 Å². The second-order valence-electron chi connectivity index (χ2n) is 10.4. The van der Waals surface area contributed by atoms with Crippen LogP contribution in [-0.4, -0.2) is 124 Å². The number of ether oxygens (including phenoxy) is 7. The van der Waals surface area contributed by atoms with Gasteiger partial charge in [-0.05, 0) is 0 Å². The zero-order chi connectivity index (χ0) is 30.7. The Morgan fingerprint density at radius 2 is 1.64 bits per heavy atom. The minimum absolute atomic E-state index is 0.0112. The van der Waals surface area contributed by atoms with Gasteiger partial charge in [0.1, 0.15) is 37.1 Å². The molecule has 42 heavy (non-hydrogen) atoms. The van der Waals surface area contributed by atoms with Gasteiger partial charge < -0.3 is 47.5 Å². The monoisotopic (exact) mass is 591 g/mol. The zero-order valence-corrected chi connectivity index (χ0v) is 25.6. The number of amides is 1. The summed E-state index contributed by atoms with van der Waals surface area (Å²) in [6.45, 7) is 3.04. The third-order valence-corrected chi connectivity index (χ3v) is 7.66. The van der Waals surface area contributed by atoms with Crippen LogP contribution in [0, 0.1) is 0 Å². The van der Waals surface area contributed by atoms with Crippen molar-refractivity contribution in [2.45, 2.75) is 63.2 Å². The predicted molar refractivity (Wildman–Crippen MR) is 151 cm³/mol. The van der Waals surface area contributed by atoms with Crippen molar-refractivity contribution < 1.29 is 42.7 Å². The number of aromatic nitrogens is 3. The van der Waals surface area contributed by atoms with E-state index in [4.69, 9.17) is 38.1 Å². The highest BCUT2D eigenvalue weighted by atomic mass is 16.6. The molecule has 4 rings (SSSR count). The summed E-state index contributed by atoms with van der Waals surface area (Å²) in [5.74, 6) is 0.180. The molecule has 1 fully saturated rings. The fourth-order valence-corrected chi connectivity index (χ4v) is 5.66. The molecule has 1 aliphatic carbocycles. The van der Waals surface area contributed by atoms with E-state index >= 15 is 0 Å².